The van der Waals surface area contributed by atoms with E-state index in [9.17, 15) is 4.79 Å². The molecule has 2 rings (SSSR count). The fourth-order valence-corrected chi connectivity index (χ4v) is 2.65. The third kappa shape index (κ3) is 5.08. The molecule has 0 fully saturated rings. The van der Waals surface area contributed by atoms with Crippen molar-refractivity contribution >= 4 is 17.5 Å². The summed E-state index contributed by atoms with van der Waals surface area (Å²) in [6.07, 6.45) is 0.839. The van der Waals surface area contributed by atoms with E-state index >= 15 is 0 Å². The number of benzene rings is 2. The van der Waals surface area contributed by atoms with E-state index in [2.05, 4.69) is 10.2 Å². The summed E-state index contributed by atoms with van der Waals surface area (Å²) in [4.78, 5) is 14.8. The van der Waals surface area contributed by atoms with Gasteiger partial charge in [0.25, 0.3) is 5.91 Å². The summed E-state index contributed by atoms with van der Waals surface area (Å²) in [7, 11) is 4.06. The lowest BCUT2D eigenvalue weighted by Crippen LogP contribution is -2.31. The normalized spacial score (nSPS) is 12.2. The fraction of sp³-hybridized carbons (Fsp3) is 0.350. The number of amides is 1. The van der Waals surface area contributed by atoms with Crippen molar-refractivity contribution in [2.24, 2.45) is 0 Å². The maximum absolute atomic E-state index is 12.7. The van der Waals surface area contributed by atoms with Gasteiger partial charge < -0.3 is 10.2 Å². The van der Waals surface area contributed by atoms with Gasteiger partial charge in [-0.2, -0.15) is 0 Å². The first kappa shape index (κ1) is 18.5. The van der Waals surface area contributed by atoms with Crippen molar-refractivity contribution in [1.29, 1.82) is 0 Å². The van der Waals surface area contributed by atoms with E-state index in [1.807, 2.05) is 70.4 Å². The first-order chi connectivity index (χ1) is 11.4. The first-order valence-electron chi connectivity index (χ1n) is 8.15. The van der Waals surface area contributed by atoms with Crippen LogP contribution in [-0.4, -0.2) is 31.4 Å². The van der Waals surface area contributed by atoms with Crippen LogP contribution >= 0.6 is 11.6 Å². The molecular weight excluding hydrogens is 320 g/mol. The summed E-state index contributed by atoms with van der Waals surface area (Å²) >= 11 is 5.98. The quantitative estimate of drug-likeness (QED) is 0.843. The summed E-state index contributed by atoms with van der Waals surface area (Å²) in [6.45, 7) is 4.96. The van der Waals surface area contributed by atoms with Crippen molar-refractivity contribution < 1.29 is 4.79 Å². The van der Waals surface area contributed by atoms with E-state index in [1.54, 1.807) is 0 Å². The lowest BCUT2D eigenvalue weighted by atomic mass is 10.0. The van der Waals surface area contributed by atoms with Crippen molar-refractivity contribution in [3.63, 3.8) is 0 Å². The molecule has 1 unspecified atom stereocenters. The molecular formula is C20H25ClN2O. The van der Waals surface area contributed by atoms with Gasteiger partial charge in [0.2, 0.25) is 0 Å². The molecule has 0 aliphatic heterocycles. The zero-order valence-corrected chi connectivity index (χ0v) is 15.5. The van der Waals surface area contributed by atoms with E-state index in [4.69, 9.17) is 11.6 Å². The molecule has 1 atom stereocenters. The molecule has 4 heteroatoms. The van der Waals surface area contributed by atoms with Gasteiger partial charge >= 0.3 is 0 Å². The highest BCUT2D eigenvalue weighted by atomic mass is 35.5. The lowest BCUT2D eigenvalue weighted by molar-refractivity contribution is 0.0932. The minimum atomic E-state index is -0.0446. The molecule has 0 aliphatic carbocycles. The predicted molar refractivity (Wildman–Crippen MR) is 101 cm³/mol. The second kappa shape index (κ2) is 8.32. The molecule has 3 nitrogen and oxygen atoms in total. The van der Waals surface area contributed by atoms with Gasteiger partial charge in [-0.05, 0) is 81.9 Å². The van der Waals surface area contributed by atoms with Gasteiger partial charge in [0.15, 0.2) is 0 Å². The molecule has 0 aliphatic rings. The highest BCUT2D eigenvalue weighted by Gasteiger charge is 2.16. The smallest absolute Gasteiger partial charge is 0.251 e. The predicted octanol–water partition coefficient (Wildman–Crippen LogP) is 4.38. The number of carbonyl (C=O) groups is 1. The molecule has 24 heavy (non-hydrogen) atoms. The number of nitrogens with one attached hydrogen (secondary N) is 1. The van der Waals surface area contributed by atoms with Gasteiger partial charge in [-0.25, -0.2) is 0 Å². The van der Waals surface area contributed by atoms with E-state index in [0.717, 1.165) is 24.1 Å². The summed E-state index contributed by atoms with van der Waals surface area (Å²) in [5, 5.41) is 3.86. The Labute approximate surface area is 149 Å². The van der Waals surface area contributed by atoms with Gasteiger partial charge in [0.05, 0.1) is 6.04 Å². The molecule has 2 aromatic rings. The van der Waals surface area contributed by atoms with Crippen LogP contribution in [0.4, 0.5) is 0 Å². The summed E-state index contributed by atoms with van der Waals surface area (Å²) in [5.74, 6) is -0.0446. The number of carbonyl (C=O) groups excluding carboxylic acids is 1. The molecule has 0 bridgehead atoms. The SMILES string of the molecule is Cc1ccc(C(=O)NC(CCN(C)C)c2ccc(Cl)cc2)cc1C. The monoisotopic (exact) mass is 344 g/mol. The maximum Gasteiger partial charge on any atom is 0.251 e. The highest BCUT2D eigenvalue weighted by Crippen LogP contribution is 2.21. The Bertz CT molecular complexity index is 695. The van der Waals surface area contributed by atoms with Crippen LogP contribution in [0.15, 0.2) is 42.5 Å². The number of rotatable bonds is 6. The van der Waals surface area contributed by atoms with Crippen molar-refractivity contribution in [3.05, 3.63) is 69.7 Å². The number of aryl methyl sites for hydroxylation is 2. The zero-order valence-electron chi connectivity index (χ0n) is 14.8. The van der Waals surface area contributed by atoms with Crippen LogP contribution < -0.4 is 5.32 Å². The largest absolute Gasteiger partial charge is 0.345 e. The van der Waals surface area contributed by atoms with Crippen LogP contribution in [-0.2, 0) is 0 Å². The van der Waals surface area contributed by atoms with Crippen LogP contribution in [0.1, 0.15) is 39.5 Å². The fourth-order valence-electron chi connectivity index (χ4n) is 2.53. The van der Waals surface area contributed by atoms with Crippen molar-refractivity contribution in [2.75, 3.05) is 20.6 Å². The Morgan fingerprint density at radius 3 is 2.33 bits per heavy atom. The van der Waals surface area contributed by atoms with Gasteiger partial charge in [-0.1, -0.05) is 29.8 Å². The van der Waals surface area contributed by atoms with E-state index in [0.29, 0.717) is 10.6 Å². The van der Waals surface area contributed by atoms with Gasteiger partial charge in [0, 0.05) is 10.6 Å². The molecule has 1 amide bonds. The van der Waals surface area contributed by atoms with Crippen LogP contribution in [0.5, 0.6) is 0 Å². The first-order valence-corrected chi connectivity index (χ1v) is 8.53. The number of hydrogen-bond donors (Lipinski definition) is 1. The number of hydrogen-bond acceptors (Lipinski definition) is 2. The van der Waals surface area contributed by atoms with Gasteiger partial charge in [0.1, 0.15) is 0 Å². The maximum atomic E-state index is 12.7. The topological polar surface area (TPSA) is 32.3 Å². The lowest BCUT2D eigenvalue weighted by Gasteiger charge is -2.21. The van der Waals surface area contributed by atoms with Crippen LogP contribution in [0.25, 0.3) is 0 Å². The Hall–Kier alpha value is -1.84. The minimum Gasteiger partial charge on any atom is -0.345 e. The van der Waals surface area contributed by atoms with Gasteiger partial charge in [-0.3, -0.25) is 4.79 Å². The van der Waals surface area contributed by atoms with Crippen molar-refractivity contribution in [2.45, 2.75) is 26.3 Å². The average molecular weight is 345 g/mol. The van der Waals surface area contributed by atoms with Crippen molar-refractivity contribution in [1.82, 2.24) is 10.2 Å². The molecule has 1 N–H and O–H groups in total. The third-order valence-corrected chi connectivity index (χ3v) is 4.46. The highest BCUT2D eigenvalue weighted by molar-refractivity contribution is 6.30. The number of nitrogens with zero attached hydrogens (tertiary/aromatic N) is 1. The molecule has 0 heterocycles. The average Bonchev–Trinajstić information content (AvgIpc) is 2.54. The third-order valence-electron chi connectivity index (χ3n) is 4.21. The Balaban J connectivity index is 2.18. The Morgan fingerprint density at radius 1 is 1.08 bits per heavy atom. The van der Waals surface area contributed by atoms with E-state index in [1.165, 1.54) is 5.56 Å². The molecule has 0 saturated heterocycles. The van der Waals surface area contributed by atoms with E-state index in [-0.39, 0.29) is 11.9 Å². The zero-order chi connectivity index (χ0) is 17.7. The molecule has 0 spiro atoms. The summed E-state index contributed by atoms with van der Waals surface area (Å²) in [6, 6.07) is 13.4. The Morgan fingerprint density at radius 2 is 1.75 bits per heavy atom. The van der Waals surface area contributed by atoms with Crippen LogP contribution in [0.3, 0.4) is 0 Å². The van der Waals surface area contributed by atoms with Crippen molar-refractivity contribution in [3.8, 4) is 0 Å². The Kier molecular flexibility index (Phi) is 6.41. The van der Waals surface area contributed by atoms with E-state index < -0.39 is 0 Å². The molecule has 0 saturated carbocycles. The second-order valence-electron chi connectivity index (χ2n) is 6.47. The number of halogens is 1. The molecule has 0 radical (unpaired) electrons. The summed E-state index contributed by atoms with van der Waals surface area (Å²) in [5.41, 5.74) is 4.08. The van der Waals surface area contributed by atoms with Crippen LogP contribution in [0, 0.1) is 13.8 Å². The summed E-state index contributed by atoms with van der Waals surface area (Å²) < 4.78 is 0. The minimum absolute atomic E-state index is 0.0428. The molecule has 2 aromatic carbocycles. The molecule has 0 aromatic heterocycles. The van der Waals surface area contributed by atoms with Gasteiger partial charge in [-0.15, -0.1) is 0 Å². The molecule has 128 valence electrons. The van der Waals surface area contributed by atoms with Crippen LogP contribution in [0.2, 0.25) is 5.02 Å². The second-order valence-corrected chi connectivity index (χ2v) is 6.91. The standard InChI is InChI=1S/C20H25ClN2O/c1-14-5-6-17(13-15(14)2)20(24)22-19(11-12-23(3)4)16-7-9-18(21)10-8-16/h5-10,13,19H,11-12H2,1-4H3,(H,22,24).